The van der Waals surface area contributed by atoms with Crippen molar-refractivity contribution in [2.75, 3.05) is 32.8 Å². The highest BCUT2D eigenvalue weighted by atomic mass is 16.4. The Labute approximate surface area is 119 Å². The molecule has 2 aliphatic rings. The van der Waals surface area contributed by atoms with Gasteiger partial charge in [-0.1, -0.05) is 0 Å². The van der Waals surface area contributed by atoms with Crippen LogP contribution in [0.3, 0.4) is 0 Å². The van der Waals surface area contributed by atoms with Gasteiger partial charge in [0.05, 0.1) is 5.41 Å². The Morgan fingerprint density at radius 3 is 2.40 bits per heavy atom. The zero-order valence-corrected chi connectivity index (χ0v) is 12.0. The maximum absolute atomic E-state index is 12.4. The summed E-state index contributed by atoms with van der Waals surface area (Å²) in [6, 6.07) is -0.00408. The molecular weight excluding hydrogens is 260 g/mol. The van der Waals surface area contributed by atoms with Gasteiger partial charge in [-0.2, -0.15) is 0 Å². The van der Waals surface area contributed by atoms with E-state index in [4.69, 9.17) is 0 Å². The maximum atomic E-state index is 12.4. The molecule has 2 aliphatic heterocycles. The van der Waals surface area contributed by atoms with Crippen LogP contribution in [0.2, 0.25) is 0 Å². The van der Waals surface area contributed by atoms with E-state index in [1.54, 1.807) is 16.7 Å². The number of hydrogen-bond donors (Lipinski definition) is 2. The van der Waals surface area contributed by atoms with Crippen LogP contribution in [-0.4, -0.2) is 64.8 Å². The van der Waals surface area contributed by atoms with E-state index in [1.165, 1.54) is 0 Å². The van der Waals surface area contributed by atoms with E-state index in [9.17, 15) is 19.8 Å². The minimum Gasteiger partial charge on any atom is -0.481 e. The predicted octanol–water partition coefficient (Wildman–Crippen LogP) is 0.997. The Morgan fingerprint density at radius 1 is 1.20 bits per heavy atom. The van der Waals surface area contributed by atoms with Crippen molar-refractivity contribution in [1.29, 1.82) is 0 Å². The van der Waals surface area contributed by atoms with Gasteiger partial charge in [-0.25, -0.2) is 4.79 Å². The highest BCUT2D eigenvalue weighted by molar-refractivity contribution is 5.77. The van der Waals surface area contributed by atoms with Crippen LogP contribution in [0.15, 0.2) is 0 Å². The summed E-state index contributed by atoms with van der Waals surface area (Å²) in [5, 5.41) is 18.4. The van der Waals surface area contributed by atoms with Crippen molar-refractivity contribution in [3.05, 3.63) is 0 Å². The van der Waals surface area contributed by atoms with E-state index in [2.05, 4.69) is 0 Å². The zero-order valence-electron chi connectivity index (χ0n) is 12.0. The number of aliphatic carboxylic acids is 1. The van der Waals surface area contributed by atoms with E-state index in [-0.39, 0.29) is 18.6 Å². The van der Waals surface area contributed by atoms with Crippen LogP contribution in [0.5, 0.6) is 0 Å². The number of carboxylic acids is 1. The minimum atomic E-state index is -0.775. The van der Waals surface area contributed by atoms with Crippen molar-refractivity contribution in [2.24, 2.45) is 11.3 Å². The lowest BCUT2D eigenvalue weighted by atomic mass is 9.80. The molecule has 0 aromatic heterocycles. The fraction of sp³-hybridized carbons (Fsp3) is 0.857. The third-order valence-corrected chi connectivity index (χ3v) is 4.70. The first kappa shape index (κ1) is 15.1. The second-order valence-corrected chi connectivity index (χ2v) is 6.27. The molecular formula is C14H24N2O4. The third-order valence-electron chi connectivity index (χ3n) is 4.70. The molecule has 1 atom stereocenters. The average molecular weight is 284 g/mol. The number of piperidine rings is 2. The van der Waals surface area contributed by atoms with Crippen LogP contribution < -0.4 is 0 Å². The Balaban J connectivity index is 1.90. The lowest BCUT2D eigenvalue weighted by Crippen LogP contribution is -2.52. The summed E-state index contributed by atoms with van der Waals surface area (Å²) in [7, 11) is 0. The summed E-state index contributed by atoms with van der Waals surface area (Å²) < 4.78 is 0. The molecule has 0 saturated carbocycles. The Morgan fingerprint density at radius 2 is 1.85 bits per heavy atom. The summed E-state index contributed by atoms with van der Waals surface area (Å²) in [6.07, 6.45) is 2.91. The molecule has 114 valence electrons. The molecule has 6 heteroatoms. The van der Waals surface area contributed by atoms with Gasteiger partial charge in [0, 0.05) is 32.8 Å². The number of hydrogen-bond acceptors (Lipinski definition) is 3. The van der Waals surface area contributed by atoms with Crippen molar-refractivity contribution in [2.45, 2.75) is 32.6 Å². The van der Waals surface area contributed by atoms with Gasteiger partial charge in [0.25, 0.3) is 0 Å². The van der Waals surface area contributed by atoms with Crippen molar-refractivity contribution in [1.82, 2.24) is 9.80 Å². The number of carboxylic acid groups (broad SMARTS) is 1. The lowest BCUT2D eigenvalue weighted by Gasteiger charge is -2.40. The number of carbonyl (C=O) groups is 2. The fourth-order valence-corrected chi connectivity index (χ4v) is 2.99. The highest BCUT2D eigenvalue weighted by Gasteiger charge is 2.39. The summed E-state index contributed by atoms with van der Waals surface area (Å²) >= 11 is 0. The standard InChI is InChI=1S/C14H24N2O4/c1-14(12(18)19)4-7-15(8-5-14)13(20)16-6-2-3-11(9-16)10-17/h11,17H,2-10H2,1H3,(H,18,19). The number of nitrogens with zero attached hydrogens (tertiary/aromatic N) is 2. The highest BCUT2D eigenvalue weighted by Crippen LogP contribution is 2.31. The Bertz CT molecular complexity index is 377. The molecule has 2 amide bonds. The summed E-state index contributed by atoms with van der Waals surface area (Å²) in [5.41, 5.74) is -0.702. The van der Waals surface area contributed by atoms with Crippen molar-refractivity contribution in [3.63, 3.8) is 0 Å². The molecule has 2 heterocycles. The van der Waals surface area contributed by atoms with Crippen LogP contribution in [0.4, 0.5) is 4.79 Å². The molecule has 2 rings (SSSR count). The monoisotopic (exact) mass is 284 g/mol. The van der Waals surface area contributed by atoms with Crippen molar-refractivity contribution in [3.8, 4) is 0 Å². The fourth-order valence-electron chi connectivity index (χ4n) is 2.99. The first-order valence-electron chi connectivity index (χ1n) is 7.34. The summed E-state index contributed by atoms with van der Waals surface area (Å²) in [5.74, 6) is -0.593. The second kappa shape index (κ2) is 5.99. The molecule has 0 aliphatic carbocycles. The van der Waals surface area contributed by atoms with Crippen LogP contribution in [0.1, 0.15) is 32.6 Å². The normalized spacial score (nSPS) is 26.4. The van der Waals surface area contributed by atoms with Crippen LogP contribution >= 0.6 is 0 Å². The molecule has 1 unspecified atom stereocenters. The molecule has 2 saturated heterocycles. The molecule has 2 fully saturated rings. The Hall–Kier alpha value is -1.30. The molecule has 6 nitrogen and oxygen atoms in total. The van der Waals surface area contributed by atoms with E-state index in [1.807, 2.05) is 0 Å². The van der Waals surface area contributed by atoms with Gasteiger partial charge in [-0.15, -0.1) is 0 Å². The third kappa shape index (κ3) is 3.06. The van der Waals surface area contributed by atoms with Gasteiger partial charge in [-0.05, 0) is 38.5 Å². The van der Waals surface area contributed by atoms with Gasteiger partial charge in [0.1, 0.15) is 0 Å². The molecule has 20 heavy (non-hydrogen) atoms. The first-order valence-corrected chi connectivity index (χ1v) is 7.34. The first-order chi connectivity index (χ1) is 9.46. The van der Waals surface area contributed by atoms with Crippen molar-refractivity contribution >= 4 is 12.0 Å². The molecule has 0 radical (unpaired) electrons. The molecule has 0 aromatic rings. The SMILES string of the molecule is CC1(C(=O)O)CCN(C(=O)N2CCCC(CO)C2)CC1. The van der Waals surface area contributed by atoms with Gasteiger partial charge in [-0.3, -0.25) is 4.79 Å². The van der Waals surface area contributed by atoms with Crippen LogP contribution in [0.25, 0.3) is 0 Å². The number of likely N-dealkylation sites (tertiary alicyclic amines) is 2. The van der Waals surface area contributed by atoms with Crippen molar-refractivity contribution < 1.29 is 19.8 Å². The average Bonchev–Trinajstić information content (AvgIpc) is 2.47. The number of urea groups is 1. The zero-order chi connectivity index (χ0) is 14.8. The Kier molecular flexibility index (Phi) is 4.52. The lowest BCUT2D eigenvalue weighted by molar-refractivity contribution is -0.150. The maximum Gasteiger partial charge on any atom is 0.320 e. The second-order valence-electron chi connectivity index (χ2n) is 6.27. The quantitative estimate of drug-likeness (QED) is 0.792. The summed E-state index contributed by atoms with van der Waals surface area (Å²) in [4.78, 5) is 27.2. The van der Waals surface area contributed by atoms with E-state index < -0.39 is 11.4 Å². The number of amides is 2. The molecule has 2 N–H and O–H groups in total. The molecule has 0 spiro atoms. The number of aliphatic hydroxyl groups is 1. The van der Waals surface area contributed by atoms with Gasteiger partial charge in [0.2, 0.25) is 0 Å². The topological polar surface area (TPSA) is 81.1 Å². The van der Waals surface area contributed by atoms with E-state index >= 15 is 0 Å². The molecule has 0 aromatic carbocycles. The number of rotatable bonds is 2. The minimum absolute atomic E-state index is 0.00408. The van der Waals surface area contributed by atoms with Gasteiger partial charge in [0.15, 0.2) is 0 Å². The summed E-state index contributed by atoms with van der Waals surface area (Å²) in [6.45, 7) is 4.23. The van der Waals surface area contributed by atoms with E-state index in [0.717, 1.165) is 19.4 Å². The number of aliphatic hydroxyl groups excluding tert-OH is 1. The smallest absolute Gasteiger partial charge is 0.320 e. The number of carbonyl (C=O) groups excluding carboxylic acids is 1. The van der Waals surface area contributed by atoms with Gasteiger partial charge >= 0.3 is 12.0 Å². The van der Waals surface area contributed by atoms with Gasteiger partial charge < -0.3 is 20.0 Å². The van der Waals surface area contributed by atoms with E-state index in [0.29, 0.717) is 32.5 Å². The molecule has 0 bridgehead atoms. The van der Waals surface area contributed by atoms with Crippen LogP contribution in [-0.2, 0) is 4.79 Å². The predicted molar refractivity (Wildman–Crippen MR) is 73.3 cm³/mol. The van der Waals surface area contributed by atoms with Crippen LogP contribution in [0, 0.1) is 11.3 Å². The largest absolute Gasteiger partial charge is 0.481 e.